The summed E-state index contributed by atoms with van der Waals surface area (Å²) >= 11 is 0. The molecule has 66 valence electrons. The fourth-order valence-corrected chi connectivity index (χ4v) is 0.529. The van der Waals surface area contributed by atoms with E-state index in [0.717, 1.165) is 0 Å². The Morgan fingerprint density at radius 3 is 2.82 bits per heavy atom. The topological polar surface area (TPSA) is 58.6 Å². The highest BCUT2D eigenvalue weighted by Gasteiger charge is 1.94. The first-order valence-electron chi connectivity index (χ1n) is 3.59. The third kappa shape index (κ3) is 9.55. The van der Waals surface area contributed by atoms with Crippen molar-refractivity contribution in [2.24, 2.45) is 0 Å². The molecule has 4 heteroatoms. The zero-order valence-electron chi connectivity index (χ0n) is 6.96. The first kappa shape index (κ1) is 10.6. The van der Waals surface area contributed by atoms with E-state index >= 15 is 0 Å². The number of Topliss-reactive ketones (excluding diaryl/α,β-unsaturated/α-hetero) is 1. The van der Waals surface area contributed by atoms with Crippen molar-refractivity contribution in [2.75, 3.05) is 19.9 Å². The summed E-state index contributed by atoms with van der Waals surface area (Å²) in [6, 6.07) is 0. The van der Waals surface area contributed by atoms with Gasteiger partial charge in [-0.05, 0) is 13.8 Å². The second kappa shape index (κ2) is 6.27. The zero-order chi connectivity index (χ0) is 8.69. The highest BCUT2D eigenvalue weighted by atomic mass is 16.5. The van der Waals surface area contributed by atoms with Crippen molar-refractivity contribution in [1.82, 2.24) is 5.32 Å². The molecule has 0 fully saturated rings. The average Bonchev–Trinajstić information content (AvgIpc) is 1.85. The van der Waals surface area contributed by atoms with Gasteiger partial charge in [-0.2, -0.15) is 0 Å². The quantitative estimate of drug-likeness (QED) is 0.408. The van der Waals surface area contributed by atoms with E-state index in [1.807, 2.05) is 0 Å². The van der Waals surface area contributed by atoms with Crippen LogP contribution >= 0.6 is 0 Å². The fourth-order valence-electron chi connectivity index (χ4n) is 0.529. The predicted octanol–water partition coefficient (Wildman–Crippen LogP) is -0.480. The molecule has 0 aromatic carbocycles. The maximum Gasteiger partial charge on any atom is 0.143 e. The molecule has 0 aliphatic carbocycles. The third-order valence-electron chi connectivity index (χ3n) is 0.937. The minimum Gasteiger partial charge on any atom is -0.391 e. The van der Waals surface area contributed by atoms with Crippen molar-refractivity contribution in [3.05, 3.63) is 0 Å². The van der Waals surface area contributed by atoms with Crippen molar-refractivity contribution >= 4 is 5.78 Å². The largest absolute Gasteiger partial charge is 0.391 e. The molecule has 0 radical (unpaired) electrons. The molecule has 0 rings (SSSR count). The van der Waals surface area contributed by atoms with E-state index in [-0.39, 0.29) is 5.78 Å². The van der Waals surface area contributed by atoms with Gasteiger partial charge in [0.15, 0.2) is 0 Å². The van der Waals surface area contributed by atoms with Crippen molar-refractivity contribution in [3.8, 4) is 0 Å². The summed E-state index contributed by atoms with van der Waals surface area (Å²) < 4.78 is 4.93. The van der Waals surface area contributed by atoms with Crippen molar-refractivity contribution in [1.29, 1.82) is 0 Å². The molecule has 0 saturated heterocycles. The molecule has 0 amide bonds. The summed E-state index contributed by atoms with van der Waals surface area (Å²) in [6.45, 7) is 4.07. The Bertz CT molecular complexity index is 114. The van der Waals surface area contributed by atoms with Gasteiger partial charge in [-0.1, -0.05) is 0 Å². The van der Waals surface area contributed by atoms with Crippen LogP contribution in [0.1, 0.15) is 13.8 Å². The molecule has 1 unspecified atom stereocenters. The molecular formula is C7H15NO3. The van der Waals surface area contributed by atoms with Crippen LogP contribution in [0.25, 0.3) is 0 Å². The van der Waals surface area contributed by atoms with E-state index in [9.17, 15) is 4.79 Å². The Labute approximate surface area is 66.5 Å². The minimum atomic E-state index is -0.450. The van der Waals surface area contributed by atoms with Gasteiger partial charge in [-0.25, -0.2) is 0 Å². The summed E-state index contributed by atoms with van der Waals surface area (Å²) in [7, 11) is 0. The Morgan fingerprint density at radius 2 is 2.36 bits per heavy atom. The van der Waals surface area contributed by atoms with E-state index in [1.165, 1.54) is 6.92 Å². The number of ketones is 1. The molecule has 0 heterocycles. The first-order chi connectivity index (χ1) is 5.13. The third-order valence-corrected chi connectivity index (χ3v) is 0.937. The highest BCUT2D eigenvalue weighted by Crippen LogP contribution is 1.79. The lowest BCUT2D eigenvalue weighted by Crippen LogP contribution is -2.25. The van der Waals surface area contributed by atoms with Gasteiger partial charge < -0.3 is 9.84 Å². The molecule has 0 aliphatic rings. The molecule has 0 aromatic heterocycles. The maximum absolute atomic E-state index is 10.4. The van der Waals surface area contributed by atoms with Crippen molar-refractivity contribution in [3.63, 3.8) is 0 Å². The summed E-state index contributed by atoms with van der Waals surface area (Å²) in [5, 5.41) is 11.5. The number of rotatable bonds is 6. The fraction of sp³-hybridized carbons (Fsp3) is 0.857. The summed E-state index contributed by atoms with van der Waals surface area (Å²) in [5.41, 5.74) is 0. The maximum atomic E-state index is 10.4. The SMILES string of the molecule is CC(=O)CNCOCC(C)O. The van der Waals surface area contributed by atoms with Crippen LogP contribution in [0.3, 0.4) is 0 Å². The smallest absolute Gasteiger partial charge is 0.143 e. The Kier molecular flexibility index (Phi) is 6.02. The van der Waals surface area contributed by atoms with Crippen LogP contribution < -0.4 is 5.32 Å². The van der Waals surface area contributed by atoms with E-state index in [1.54, 1.807) is 6.92 Å². The molecular weight excluding hydrogens is 146 g/mol. The molecule has 0 saturated carbocycles. The molecule has 11 heavy (non-hydrogen) atoms. The molecule has 0 spiro atoms. The number of aliphatic hydroxyl groups excluding tert-OH is 1. The second-order valence-electron chi connectivity index (χ2n) is 2.49. The van der Waals surface area contributed by atoms with Crippen LogP contribution in [-0.2, 0) is 9.53 Å². The number of carbonyl (C=O) groups is 1. The second-order valence-corrected chi connectivity index (χ2v) is 2.49. The monoisotopic (exact) mass is 161 g/mol. The van der Waals surface area contributed by atoms with Crippen LogP contribution in [0, 0.1) is 0 Å². The lowest BCUT2D eigenvalue weighted by atomic mass is 10.4. The molecule has 0 aromatic rings. The first-order valence-corrected chi connectivity index (χ1v) is 3.59. The van der Waals surface area contributed by atoms with E-state index in [4.69, 9.17) is 9.84 Å². The highest BCUT2D eigenvalue weighted by molar-refractivity contribution is 5.77. The Balaban J connectivity index is 2.97. The summed E-state index contributed by atoms with van der Waals surface area (Å²) in [4.78, 5) is 10.4. The molecule has 4 nitrogen and oxygen atoms in total. The lowest BCUT2D eigenvalue weighted by Gasteiger charge is -2.05. The molecule has 2 N–H and O–H groups in total. The normalized spacial score (nSPS) is 13.0. The van der Waals surface area contributed by atoms with E-state index in [2.05, 4.69) is 5.32 Å². The van der Waals surface area contributed by atoms with Gasteiger partial charge in [0.1, 0.15) is 5.78 Å². The Morgan fingerprint density at radius 1 is 1.73 bits per heavy atom. The minimum absolute atomic E-state index is 0.0747. The van der Waals surface area contributed by atoms with Crippen LogP contribution in [0.15, 0.2) is 0 Å². The van der Waals surface area contributed by atoms with Gasteiger partial charge in [-0.15, -0.1) is 0 Å². The zero-order valence-corrected chi connectivity index (χ0v) is 6.96. The molecule has 0 bridgehead atoms. The number of carbonyl (C=O) groups excluding carboxylic acids is 1. The number of aliphatic hydroxyl groups is 1. The van der Waals surface area contributed by atoms with Crippen LogP contribution in [-0.4, -0.2) is 36.9 Å². The van der Waals surface area contributed by atoms with Crippen molar-refractivity contribution in [2.45, 2.75) is 20.0 Å². The standard InChI is InChI=1S/C7H15NO3/c1-6(9)3-8-5-11-4-7(2)10/h7-8,10H,3-5H2,1-2H3. The van der Waals surface area contributed by atoms with Gasteiger partial charge in [0.05, 0.1) is 26.0 Å². The number of ether oxygens (including phenoxy) is 1. The number of hydrogen-bond donors (Lipinski definition) is 2. The average molecular weight is 161 g/mol. The molecule has 0 aliphatic heterocycles. The molecule has 1 atom stereocenters. The number of nitrogens with one attached hydrogen (secondary N) is 1. The van der Waals surface area contributed by atoms with Gasteiger partial charge in [0, 0.05) is 0 Å². The predicted molar refractivity (Wildman–Crippen MR) is 41.2 cm³/mol. The van der Waals surface area contributed by atoms with Crippen LogP contribution in [0.4, 0.5) is 0 Å². The van der Waals surface area contributed by atoms with E-state index < -0.39 is 6.10 Å². The summed E-state index contributed by atoms with van der Waals surface area (Å²) in [6.07, 6.45) is -0.450. The van der Waals surface area contributed by atoms with Crippen molar-refractivity contribution < 1.29 is 14.6 Å². The van der Waals surface area contributed by atoms with Gasteiger partial charge in [-0.3, -0.25) is 10.1 Å². The Hall–Kier alpha value is -0.450. The van der Waals surface area contributed by atoms with Gasteiger partial charge in [0.25, 0.3) is 0 Å². The van der Waals surface area contributed by atoms with Crippen LogP contribution in [0.2, 0.25) is 0 Å². The van der Waals surface area contributed by atoms with Crippen LogP contribution in [0.5, 0.6) is 0 Å². The van der Waals surface area contributed by atoms with Gasteiger partial charge in [0.2, 0.25) is 0 Å². The number of hydrogen-bond acceptors (Lipinski definition) is 4. The summed E-state index contributed by atoms with van der Waals surface area (Å²) in [5.74, 6) is 0.0747. The lowest BCUT2D eigenvalue weighted by molar-refractivity contribution is -0.116. The van der Waals surface area contributed by atoms with E-state index in [0.29, 0.717) is 19.9 Å². The van der Waals surface area contributed by atoms with Gasteiger partial charge >= 0.3 is 0 Å².